The van der Waals surface area contributed by atoms with Crippen LogP contribution in [-0.4, -0.2) is 120 Å². The number of likely N-dealkylation sites (tertiary alicyclic amines) is 1. The van der Waals surface area contributed by atoms with Crippen LogP contribution in [0.15, 0.2) is 49.1 Å². The van der Waals surface area contributed by atoms with Gasteiger partial charge in [-0.15, -0.1) is 0 Å². The molecule has 7 amide bonds. The van der Waals surface area contributed by atoms with Crippen LogP contribution in [0.5, 0.6) is 0 Å². The summed E-state index contributed by atoms with van der Waals surface area (Å²) in [5, 5.41) is 14.5. The molecule has 19 heteroatoms. The lowest BCUT2D eigenvalue weighted by atomic mass is 9.86. The first-order valence-electron chi connectivity index (χ1n) is 21.3. The lowest BCUT2D eigenvalue weighted by Gasteiger charge is -2.36. The second-order valence-corrected chi connectivity index (χ2v) is 16.4. The van der Waals surface area contributed by atoms with Gasteiger partial charge in [0.25, 0.3) is 17.7 Å². The maximum absolute atomic E-state index is 13.3. The highest BCUT2D eigenvalue weighted by atomic mass is 16.2. The Morgan fingerprint density at radius 1 is 0.887 bits per heavy atom. The van der Waals surface area contributed by atoms with Crippen molar-refractivity contribution in [1.82, 2.24) is 50.3 Å². The lowest BCUT2D eigenvalue weighted by Crippen LogP contribution is -2.54. The number of pyridine rings is 1. The summed E-state index contributed by atoms with van der Waals surface area (Å²) in [4.78, 5) is 109. The molecule has 5 N–H and O–H groups in total. The molecule has 6 heterocycles. The quantitative estimate of drug-likeness (QED) is 0.0806. The minimum absolute atomic E-state index is 0.0253. The van der Waals surface area contributed by atoms with E-state index in [1.54, 1.807) is 30.9 Å². The molecule has 8 rings (SSSR count). The van der Waals surface area contributed by atoms with Gasteiger partial charge in [-0.3, -0.25) is 43.8 Å². The number of aromatic nitrogens is 5. The molecule has 3 aliphatic heterocycles. The van der Waals surface area contributed by atoms with Crippen molar-refractivity contribution >= 4 is 64.0 Å². The van der Waals surface area contributed by atoms with Gasteiger partial charge in [-0.2, -0.15) is 0 Å². The minimum Gasteiger partial charge on any atom is -0.375 e. The third-order valence-corrected chi connectivity index (χ3v) is 12.1. The number of nitrogens with one attached hydrogen (secondary N) is 5. The zero-order valence-corrected chi connectivity index (χ0v) is 34.5. The van der Waals surface area contributed by atoms with Crippen molar-refractivity contribution in [3.05, 3.63) is 71.6 Å². The molecule has 1 aromatic carbocycles. The summed E-state index contributed by atoms with van der Waals surface area (Å²) >= 11 is 0. The summed E-state index contributed by atoms with van der Waals surface area (Å²) in [6.07, 6.45) is 9.35. The van der Waals surface area contributed by atoms with E-state index in [4.69, 9.17) is 0 Å². The maximum Gasteiger partial charge on any atom is 0.270 e. The maximum atomic E-state index is 13.3. The summed E-state index contributed by atoms with van der Waals surface area (Å²) in [7, 11) is 0. The van der Waals surface area contributed by atoms with Gasteiger partial charge in [0.05, 0.1) is 24.0 Å². The van der Waals surface area contributed by atoms with Gasteiger partial charge in [0.15, 0.2) is 11.5 Å². The highest BCUT2D eigenvalue weighted by molar-refractivity contribution is 6.25. The first-order valence-corrected chi connectivity index (χ1v) is 21.3. The second-order valence-electron chi connectivity index (χ2n) is 16.4. The fourth-order valence-corrected chi connectivity index (χ4v) is 8.60. The van der Waals surface area contributed by atoms with Gasteiger partial charge in [-0.25, -0.2) is 19.9 Å². The zero-order valence-electron chi connectivity index (χ0n) is 34.5. The van der Waals surface area contributed by atoms with Crippen LogP contribution in [0.25, 0.3) is 11.2 Å². The largest absolute Gasteiger partial charge is 0.375 e. The average Bonchev–Trinajstić information content (AvgIpc) is 3.79. The molecule has 1 unspecified atom stereocenters. The monoisotopic (exact) mass is 846 g/mol. The Morgan fingerprint density at radius 3 is 2.48 bits per heavy atom. The van der Waals surface area contributed by atoms with Crippen LogP contribution in [0.1, 0.15) is 107 Å². The smallest absolute Gasteiger partial charge is 0.270 e. The standard InChI is InChI=1S/C43H50N12O7/c1-25-7-5-10-31(50-25)40(59)51-27-19-28(20-27)54-24-49-37-38(47-23-48-39(37)54)46-21-26-14-17-53(18-15-26)35(58)11-3-2-4-16-44-34(57)22-45-30-9-6-8-29-36(30)43(62)55(42(29)61)32-12-13-33(56)52-41(32)60/h5-10,23-24,26-28,32,45H,2-4,11-22H2,1H3,(H,44,57)(H,51,59)(H,46,47,48)(H,52,56,60). The summed E-state index contributed by atoms with van der Waals surface area (Å²) in [6, 6.07) is 9.25. The normalized spacial score (nSPS) is 20.1. The number of hydrogen-bond acceptors (Lipinski definition) is 13. The molecular weight excluding hydrogens is 797 g/mol. The summed E-state index contributed by atoms with van der Waals surface area (Å²) in [6.45, 7) is 4.25. The van der Waals surface area contributed by atoms with E-state index in [1.807, 2.05) is 24.0 Å². The number of aryl methyl sites for hydroxylation is 1. The number of imidazole rings is 1. The Morgan fingerprint density at radius 2 is 1.69 bits per heavy atom. The van der Waals surface area contributed by atoms with Crippen molar-refractivity contribution < 1.29 is 33.6 Å². The van der Waals surface area contributed by atoms with E-state index in [-0.39, 0.29) is 60.3 Å². The van der Waals surface area contributed by atoms with Gasteiger partial charge in [0, 0.05) is 62.5 Å². The van der Waals surface area contributed by atoms with E-state index in [2.05, 4.69) is 51.1 Å². The Hall–Kier alpha value is -6.79. The zero-order chi connectivity index (χ0) is 43.3. The molecule has 19 nitrogen and oxygen atoms in total. The highest BCUT2D eigenvalue weighted by Gasteiger charge is 2.45. The van der Waals surface area contributed by atoms with Crippen LogP contribution in [0, 0.1) is 12.8 Å². The molecule has 1 saturated carbocycles. The molecule has 4 aromatic rings. The van der Waals surface area contributed by atoms with Crippen LogP contribution < -0.4 is 26.6 Å². The fraction of sp³-hybridized carbons (Fsp3) is 0.465. The van der Waals surface area contributed by atoms with Gasteiger partial charge in [-0.05, 0) is 82.1 Å². The molecule has 1 aliphatic carbocycles. The van der Waals surface area contributed by atoms with Gasteiger partial charge < -0.3 is 30.7 Å². The second kappa shape index (κ2) is 18.4. The van der Waals surface area contributed by atoms with E-state index in [0.29, 0.717) is 74.1 Å². The Labute approximate surface area is 357 Å². The van der Waals surface area contributed by atoms with Gasteiger partial charge in [0.1, 0.15) is 23.6 Å². The predicted molar refractivity (Wildman–Crippen MR) is 225 cm³/mol. The number of amides is 7. The highest BCUT2D eigenvalue weighted by Crippen LogP contribution is 2.36. The van der Waals surface area contributed by atoms with E-state index >= 15 is 0 Å². The summed E-state index contributed by atoms with van der Waals surface area (Å²) < 4.78 is 2.06. The molecule has 0 radical (unpaired) electrons. The number of hydrogen-bond donors (Lipinski definition) is 5. The number of carbonyl (C=O) groups excluding carboxylic acids is 7. The number of unbranched alkanes of at least 4 members (excludes halogenated alkanes) is 2. The molecule has 4 aliphatic rings. The molecule has 2 saturated heterocycles. The molecule has 0 spiro atoms. The van der Waals surface area contributed by atoms with Crippen molar-refractivity contribution in [3.63, 3.8) is 0 Å². The van der Waals surface area contributed by atoms with E-state index in [0.717, 1.165) is 48.3 Å². The Kier molecular flexibility index (Phi) is 12.5. The molecule has 0 bridgehead atoms. The SMILES string of the molecule is Cc1cccc(C(=O)NC2CC(n3cnc4c(NCC5CCN(C(=O)CCCCCNC(=O)CNc6cccc7c6C(=O)N(C6CCC(=O)NC6=O)C7=O)CC5)ncnc43)C2)n1. The van der Waals surface area contributed by atoms with Crippen LogP contribution in [-0.2, 0) is 19.2 Å². The number of nitrogens with zero attached hydrogens (tertiary/aromatic N) is 7. The first-order chi connectivity index (χ1) is 30.0. The molecule has 324 valence electrons. The number of fused-ring (bicyclic) bond motifs is 2. The van der Waals surface area contributed by atoms with Gasteiger partial charge >= 0.3 is 0 Å². The Balaban J connectivity index is 0.699. The van der Waals surface area contributed by atoms with Crippen molar-refractivity contribution in [1.29, 1.82) is 0 Å². The molecule has 3 aromatic heterocycles. The van der Waals surface area contributed by atoms with E-state index < -0.39 is 29.7 Å². The molecular formula is C43H50N12O7. The van der Waals surface area contributed by atoms with E-state index in [9.17, 15) is 33.6 Å². The number of benzene rings is 1. The fourth-order valence-electron chi connectivity index (χ4n) is 8.60. The number of piperidine rings is 2. The first kappa shape index (κ1) is 41.9. The van der Waals surface area contributed by atoms with Crippen molar-refractivity contribution in [3.8, 4) is 0 Å². The molecule has 62 heavy (non-hydrogen) atoms. The van der Waals surface area contributed by atoms with Crippen LogP contribution in [0.4, 0.5) is 11.5 Å². The summed E-state index contributed by atoms with van der Waals surface area (Å²) in [5.74, 6) is -1.66. The van der Waals surface area contributed by atoms with Crippen molar-refractivity contribution in [2.24, 2.45) is 5.92 Å². The molecule has 3 fully saturated rings. The van der Waals surface area contributed by atoms with Crippen molar-refractivity contribution in [2.45, 2.75) is 89.3 Å². The van der Waals surface area contributed by atoms with Crippen LogP contribution in [0.2, 0.25) is 0 Å². The minimum atomic E-state index is -1.07. The van der Waals surface area contributed by atoms with Gasteiger partial charge in [-0.1, -0.05) is 18.6 Å². The number of anilines is 2. The number of carbonyl (C=O) groups is 7. The molecule has 1 atom stereocenters. The van der Waals surface area contributed by atoms with Crippen molar-refractivity contribution in [2.75, 3.05) is 43.4 Å². The number of imide groups is 2. The topological polar surface area (TPSA) is 243 Å². The van der Waals surface area contributed by atoms with Crippen LogP contribution >= 0.6 is 0 Å². The van der Waals surface area contributed by atoms with Gasteiger partial charge in [0.2, 0.25) is 23.6 Å². The third kappa shape index (κ3) is 9.11. The average molecular weight is 847 g/mol. The third-order valence-electron chi connectivity index (χ3n) is 12.1. The lowest BCUT2D eigenvalue weighted by molar-refractivity contribution is -0.136. The summed E-state index contributed by atoms with van der Waals surface area (Å²) in [5.41, 5.74) is 3.22. The Bertz CT molecular complexity index is 2400. The number of rotatable bonds is 16. The van der Waals surface area contributed by atoms with Crippen LogP contribution in [0.3, 0.4) is 0 Å². The van der Waals surface area contributed by atoms with E-state index in [1.165, 1.54) is 6.07 Å². The predicted octanol–water partition coefficient (Wildman–Crippen LogP) is 2.50.